The number of anilines is 1. The van der Waals surface area contributed by atoms with Crippen LogP contribution >= 0.6 is 0 Å². The van der Waals surface area contributed by atoms with Crippen LogP contribution in [0.2, 0.25) is 0 Å². The largest absolute Gasteiger partial charge is 0.497 e. The number of carbonyl (C=O) groups excluding carboxylic acids is 1. The maximum Gasteiger partial charge on any atom is 0.416 e. The molecule has 1 amide bonds. The topological polar surface area (TPSA) is 73.2 Å². The first-order valence-corrected chi connectivity index (χ1v) is 9.46. The molecule has 1 N–H and O–H groups in total. The summed E-state index contributed by atoms with van der Waals surface area (Å²) < 4.78 is 44.2. The van der Waals surface area contributed by atoms with Crippen molar-refractivity contribution < 1.29 is 22.7 Å². The van der Waals surface area contributed by atoms with Gasteiger partial charge in [-0.1, -0.05) is 0 Å². The number of aryl methyl sites for hydroxylation is 1. The van der Waals surface area contributed by atoms with Crippen molar-refractivity contribution in [3.63, 3.8) is 0 Å². The van der Waals surface area contributed by atoms with Crippen LogP contribution in [-0.4, -0.2) is 22.8 Å². The third kappa shape index (κ3) is 5.94. The van der Waals surface area contributed by atoms with Crippen LogP contribution in [0.4, 0.5) is 18.9 Å². The van der Waals surface area contributed by atoms with Gasteiger partial charge in [-0.05, 0) is 61.0 Å². The zero-order chi connectivity index (χ0) is 22.4. The summed E-state index contributed by atoms with van der Waals surface area (Å²) in [6.07, 6.45) is -4.00. The van der Waals surface area contributed by atoms with Gasteiger partial charge in [0.25, 0.3) is 5.56 Å². The number of benzene rings is 2. The second-order valence-corrected chi connectivity index (χ2v) is 6.74. The minimum atomic E-state index is -4.43. The molecule has 2 aromatic carbocycles. The molecule has 6 nitrogen and oxygen atoms in total. The normalized spacial score (nSPS) is 11.2. The maximum absolute atomic E-state index is 12.6. The van der Waals surface area contributed by atoms with Gasteiger partial charge in [0, 0.05) is 30.3 Å². The van der Waals surface area contributed by atoms with E-state index in [1.807, 2.05) is 12.1 Å². The van der Waals surface area contributed by atoms with Crippen molar-refractivity contribution in [2.24, 2.45) is 0 Å². The molecule has 3 aromatic rings. The van der Waals surface area contributed by atoms with Gasteiger partial charge < -0.3 is 10.1 Å². The molecule has 0 aliphatic carbocycles. The predicted octanol–water partition coefficient (Wildman–Crippen LogP) is 4.36. The van der Waals surface area contributed by atoms with Gasteiger partial charge in [-0.25, -0.2) is 4.68 Å². The lowest BCUT2D eigenvalue weighted by molar-refractivity contribution is -0.137. The van der Waals surface area contributed by atoms with Crippen molar-refractivity contribution in [3.05, 3.63) is 76.6 Å². The molecular weight excluding hydrogens is 411 g/mol. The Balaban J connectivity index is 1.57. The van der Waals surface area contributed by atoms with Crippen LogP contribution in [-0.2, 0) is 17.5 Å². The first kappa shape index (κ1) is 22.1. The molecule has 162 valence electrons. The number of alkyl halides is 3. The van der Waals surface area contributed by atoms with E-state index < -0.39 is 11.7 Å². The van der Waals surface area contributed by atoms with Crippen molar-refractivity contribution in [2.45, 2.75) is 25.6 Å². The van der Waals surface area contributed by atoms with Crippen LogP contribution in [0.3, 0.4) is 0 Å². The van der Waals surface area contributed by atoms with E-state index in [4.69, 9.17) is 4.74 Å². The molecule has 0 atom stereocenters. The summed E-state index contributed by atoms with van der Waals surface area (Å²) >= 11 is 0. The van der Waals surface area contributed by atoms with Crippen LogP contribution in [0.1, 0.15) is 18.4 Å². The van der Waals surface area contributed by atoms with Gasteiger partial charge in [-0.15, -0.1) is 0 Å². The first-order chi connectivity index (χ1) is 14.8. The predicted molar refractivity (Wildman–Crippen MR) is 110 cm³/mol. The van der Waals surface area contributed by atoms with E-state index in [9.17, 15) is 22.8 Å². The summed E-state index contributed by atoms with van der Waals surface area (Å²) in [5.41, 5.74) is 0.619. The molecule has 0 saturated carbocycles. The fourth-order valence-corrected chi connectivity index (χ4v) is 2.88. The minimum Gasteiger partial charge on any atom is -0.497 e. The van der Waals surface area contributed by atoms with Crippen LogP contribution in [0, 0.1) is 0 Å². The number of aromatic nitrogens is 2. The highest BCUT2D eigenvalue weighted by molar-refractivity contribution is 5.90. The Morgan fingerprint density at radius 1 is 1.03 bits per heavy atom. The average molecular weight is 431 g/mol. The molecule has 1 aromatic heterocycles. The number of halogens is 3. The minimum absolute atomic E-state index is 0.0852. The number of carbonyl (C=O) groups is 1. The van der Waals surface area contributed by atoms with Crippen molar-refractivity contribution in [2.75, 3.05) is 12.4 Å². The Hall–Kier alpha value is -3.62. The lowest BCUT2D eigenvalue weighted by Gasteiger charge is -2.10. The van der Waals surface area contributed by atoms with Crippen molar-refractivity contribution in [1.29, 1.82) is 0 Å². The number of rotatable bonds is 7. The number of hydrogen-bond donors (Lipinski definition) is 1. The van der Waals surface area contributed by atoms with Gasteiger partial charge in [-0.3, -0.25) is 9.59 Å². The molecule has 0 unspecified atom stereocenters. The highest BCUT2D eigenvalue weighted by Gasteiger charge is 2.29. The Morgan fingerprint density at radius 2 is 1.71 bits per heavy atom. The van der Waals surface area contributed by atoms with E-state index in [0.717, 1.165) is 17.7 Å². The molecule has 0 bridgehead atoms. The molecule has 1 heterocycles. The number of ether oxygens (including phenoxy) is 1. The van der Waals surface area contributed by atoms with E-state index >= 15 is 0 Å². The van der Waals surface area contributed by atoms with Gasteiger partial charge in [0.1, 0.15) is 5.75 Å². The Morgan fingerprint density at radius 3 is 2.32 bits per heavy atom. The highest BCUT2D eigenvalue weighted by Crippen LogP contribution is 2.29. The van der Waals surface area contributed by atoms with Crippen LogP contribution in [0.5, 0.6) is 5.75 Å². The fourth-order valence-electron chi connectivity index (χ4n) is 2.88. The number of methoxy groups -OCH3 is 1. The van der Waals surface area contributed by atoms with E-state index in [0.29, 0.717) is 17.9 Å². The van der Waals surface area contributed by atoms with Gasteiger partial charge in [0.05, 0.1) is 18.4 Å². The average Bonchev–Trinajstić information content (AvgIpc) is 2.75. The number of nitrogens with zero attached hydrogens (tertiary/aromatic N) is 2. The van der Waals surface area contributed by atoms with Crippen LogP contribution in [0.15, 0.2) is 65.5 Å². The third-order valence-corrected chi connectivity index (χ3v) is 4.52. The highest BCUT2D eigenvalue weighted by atomic mass is 19.4. The van der Waals surface area contributed by atoms with E-state index in [-0.39, 0.29) is 30.1 Å². The Labute approximate surface area is 176 Å². The van der Waals surface area contributed by atoms with Crippen LogP contribution < -0.4 is 15.6 Å². The SMILES string of the molecule is COc1ccc(-c2ccc(=O)n(CCCC(=O)Nc3ccc(C(F)(F)F)cc3)n2)cc1. The third-order valence-electron chi connectivity index (χ3n) is 4.52. The summed E-state index contributed by atoms with van der Waals surface area (Å²) in [7, 11) is 1.57. The van der Waals surface area contributed by atoms with Crippen LogP contribution in [0.25, 0.3) is 11.3 Å². The lowest BCUT2D eigenvalue weighted by atomic mass is 10.1. The molecule has 0 saturated heterocycles. The molecule has 0 radical (unpaired) electrons. The molecule has 31 heavy (non-hydrogen) atoms. The zero-order valence-corrected chi connectivity index (χ0v) is 16.6. The van der Waals surface area contributed by atoms with Crippen molar-refractivity contribution in [1.82, 2.24) is 9.78 Å². The van der Waals surface area contributed by atoms with Gasteiger partial charge in [-0.2, -0.15) is 18.3 Å². The number of amides is 1. The molecule has 0 aliphatic heterocycles. The second kappa shape index (κ2) is 9.46. The molecule has 9 heteroatoms. The molecule has 3 rings (SSSR count). The van der Waals surface area contributed by atoms with Crippen molar-refractivity contribution in [3.8, 4) is 17.0 Å². The maximum atomic E-state index is 12.6. The summed E-state index contributed by atoms with van der Waals surface area (Å²) in [4.78, 5) is 24.1. The molecule has 0 aliphatic rings. The Bertz CT molecular complexity index is 1090. The molecular formula is C22H20F3N3O3. The van der Waals surface area contributed by atoms with E-state index in [1.165, 1.54) is 22.9 Å². The summed E-state index contributed by atoms with van der Waals surface area (Å²) in [6.45, 7) is 0.225. The summed E-state index contributed by atoms with van der Waals surface area (Å²) in [5, 5.41) is 6.88. The summed E-state index contributed by atoms with van der Waals surface area (Å²) in [5.74, 6) is 0.343. The monoisotopic (exact) mass is 431 g/mol. The Kier molecular flexibility index (Phi) is 6.74. The van der Waals surface area contributed by atoms with Crippen molar-refractivity contribution >= 4 is 11.6 Å². The first-order valence-electron chi connectivity index (χ1n) is 9.46. The zero-order valence-electron chi connectivity index (χ0n) is 16.6. The van der Waals surface area contributed by atoms with Gasteiger partial charge in [0.15, 0.2) is 0 Å². The van der Waals surface area contributed by atoms with Gasteiger partial charge >= 0.3 is 6.18 Å². The lowest BCUT2D eigenvalue weighted by Crippen LogP contribution is -2.23. The quantitative estimate of drug-likeness (QED) is 0.604. The summed E-state index contributed by atoms with van der Waals surface area (Å²) in [6, 6.07) is 14.5. The second-order valence-electron chi connectivity index (χ2n) is 6.74. The standard InChI is InChI=1S/C22H20F3N3O3/c1-31-18-10-4-15(5-11-18)19-12-13-21(30)28(27-19)14-2-3-20(29)26-17-8-6-16(7-9-17)22(23,24)25/h4-13H,2-3,14H2,1H3,(H,26,29). The number of hydrogen-bond acceptors (Lipinski definition) is 4. The molecule has 0 fully saturated rings. The fraction of sp³-hybridized carbons (Fsp3) is 0.227. The van der Waals surface area contributed by atoms with Gasteiger partial charge in [0.2, 0.25) is 5.91 Å². The molecule has 0 spiro atoms. The van der Waals surface area contributed by atoms with E-state index in [1.54, 1.807) is 25.3 Å². The smallest absolute Gasteiger partial charge is 0.416 e. The number of nitrogens with one attached hydrogen (secondary N) is 1. The van der Waals surface area contributed by atoms with E-state index in [2.05, 4.69) is 10.4 Å².